The van der Waals surface area contributed by atoms with Crippen LogP contribution in [0.5, 0.6) is 0 Å². The minimum Gasteiger partial charge on any atom is -0.457 e. The van der Waals surface area contributed by atoms with E-state index in [9.17, 15) is 9.59 Å². The minimum atomic E-state index is -0.426. The van der Waals surface area contributed by atoms with Gasteiger partial charge in [-0.25, -0.2) is 9.59 Å². The second-order valence-electron chi connectivity index (χ2n) is 5.67. The molecule has 1 aliphatic heterocycles. The van der Waals surface area contributed by atoms with E-state index in [0.29, 0.717) is 25.1 Å². The Balaban J connectivity index is 1.37. The third-order valence-electron chi connectivity index (χ3n) is 3.81. The fraction of sp³-hybridized carbons (Fsp3) is 0.200. The van der Waals surface area contributed by atoms with Crippen LogP contribution in [-0.2, 0) is 22.7 Å². The highest BCUT2D eigenvalue weighted by molar-refractivity contribution is 5.93. The molecule has 0 atom stereocenters. The van der Waals surface area contributed by atoms with Crippen molar-refractivity contribution in [2.24, 2.45) is 0 Å². The quantitative estimate of drug-likeness (QED) is 0.645. The number of rotatable bonds is 6. The van der Waals surface area contributed by atoms with E-state index in [0.717, 1.165) is 16.7 Å². The Morgan fingerprint density at radius 1 is 1.20 bits per heavy atom. The molecule has 0 spiro atoms. The van der Waals surface area contributed by atoms with Crippen LogP contribution in [0.1, 0.15) is 33.5 Å². The van der Waals surface area contributed by atoms with Gasteiger partial charge in [0.25, 0.3) is 0 Å². The zero-order chi connectivity index (χ0) is 17.5. The molecule has 0 aromatic heterocycles. The lowest BCUT2D eigenvalue weighted by Crippen LogP contribution is -2.24. The van der Waals surface area contributed by atoms with E-state index in [1.165, 1.54) is 0 Å². The number of fused-ring (bicyclic) bond motifs is 1. The summed E-state index contributed by atoms with van der Waals surface area (Å²) in [5, 5.41) is 2.71. The van der Waals surface area contributed by atoms with E-state index in [4.69, 9.17) is 9.47 Å². The average molecular weight is 337 g/mol. The maximum atomic E-state index is 11.6. The molecule has 5 heteroatoms. The topological polar surface area (TPSA) is 64.6 Å². The van der Waals surface area contributed by atoms with Gasteiger partial charge in [-0.1, -0.05) is 48.6 Å². The number of alkyl carbamates (subject to hydrolysis) is 1. The van der Waals surface area contributed by atoms with E-state index < -0.39 is 6.09 Å². The lowest BCUT2D eigenvalue weighted by Gasteiger charge is -2.05. The summed E-state index contributed by atoms with van der Waals surface area (Å²) in [4.78, 5) is 23.0. The predicted octanol–water partition coefficient (Wildman–Crippen LogP) is 3.69. The summed E-state index contributed by atoms with van der Waals surface area (Å²) in [6.45, 7) is 1.10. The number of cyclic esters (lactones) is 1. The van der Waals surface area contributed by atoms with E-state index in [2.05, 4.69) is 5.32 Å². The molecule has 0 saturated heterocycles. The molecular weight excluding hydrogens is 318 g/mol. The monoisotopic (exact) mass is 337 g/mol. The van der Waals surface area contributed by atoms with E-state index in [-0.39, 0.29) is 12.6 Å². The van der Waals surface area contributed by atoms with Crippen LogP contribution in [0, 0.1) is 0 Å². The third-order valence-corrected chi connectivity index (χ3v) is 3.81. The van der Waals surface area contributed by atoms with Gasteiger partial charge in [0.2, 0.25) is 0 Å². The fourth-order valence-electron chi connectivity index (χ4n) is 2.51. The Morgan fingerprint density at radius 3 is 2.88 bits per heavy atom. The van der Waals surface area contributed by atoms with Crippen LogP contribution in [0.2, 0.25) is 0 Å². The summed E-state index contributed by atoms with van der Waals surface area (Å²) in [6.07, 6.45) is 4.19. The van der Waals surface area contributed by atoms with Gasteiger partial charge < -0.3 is 14.8 Å². The van der Waals surface area contributed by atoms with Gasteiger partial charge >= 0.3 is 12.1 Å². The molecule has 5 nitrogen and oxygen atoms in total. The smallest absolute Gasteiger partial charge is 0.407 e. The first-order valence-electron chi connectivity index (χ1n) is 8.13. The highest BCUT2D eigenvalue weighted by atomic mass is 16.5. The van der Waals surface area contributed by atoms with Crippen molar-refractivity contribution >= 4 is 18.1 Å². The second kappa shape index (κ2) is 8.15. The van der Waals surface area contributed by atoms with Gasteiger partial charge in [-0.3, -0.25) is 0 Å². The molecule has 0 aliphatic carbocycles. The molecule has 2 aromatic carbocycles. The summed E-state index contributed by atoms with van der Waals surface area (Å²) in [7, 11) is 0. The normalized spacial score (nSPS) is 12.7. The van der Waals surface area contributed by atoms with Crippen LogP contribution in [0.4, 0.5) is 4.79 Å². The molecule has 1 heterocycles. The van der Waals surface area contributed by atoms with Crippen LogP contribution < -0.4 is 5.32 Å². The van der Waals surface area contributed by atoms with Crippen LogP contribution in [0.25, 0.3) is 6.08 Å². The lowest BCUT2D eigenvalue weighted by molar-refractivity contribution is 0.0535. The van der Waals surface area contributed by atoms with Crippen LogP contribution in [0.3, 0.4) is 0 Å². The summed E-state index contributed by atoms with van der Waals surface area (Å²) >= 11 is 0. The van der Waals surface area contributed by atoms with Crippen molar-refractivity contribution < 1.29 is 19.1 Å². The number of hydrogen-bond donors (Lipinski definition) is 1. The largest absolute Gasteiger partial charge is 0.457 e. The number of hydrogen-bond acceptors (Lipinski definition) is 4. The number of ether oxygens (including phenoxy) is 2. The number of amides is 1. The van der Waals surface area contributed by atoms with Gasteiger partial charge in [-0.15, -0.1) is 0 Å². The molecule has 0 saturated carbocycles. The number of carbonyl (C=O) groups excluding carboxylic acids is 2. The standard InChI is InChI=1S/C20H19NO4/c22-19-18-10-9-15(12-17(18)14-24-19)6-4-5-11-21-20(23)25-13-16-7-2-1-3-8-16/h1-4,6-10,12H,5,11,13-14H2,(H,21,23). The van der Waals surface area contributed by atoms with Crippen molar-refractivity contribution in [2.45, 2.75) is 19.6 Å². The lowest BCUT2D eigenvalue weighted by atomic mass is 10.1. The molecule has 1 N–H and O–H groups in total. The molecule has 0 fully saturated rings. The number of carbonyl (C=O) groups is 2. The number of nitrogens with one attached hydrogen (secondary N) is 1. The Hall–Kier alpha value is -3.08. The van der Waals surface area contributed by atoms with Crippen molar-refractivity contribution in [3.63, 3.8) is 0 Å². The average Bonchev–Trinajstić information content (AvgIpc) is 3.01. The predicted molar refractivity (Wildman–Crippen MR) is 93.8 cm³/mol. The van der Waals surface area contributed by atoms with Crippen LogP contribution >= 0.6 is 0 Å². The first kappa shape index (κ1) is 16.8. The van der Waals surface area contributed by atoms with Gasteiger partial charge in [-0.05, 0) is 29.7 Å². The summed E-state index contributed by atoms with van der Waals surface area (Å²) in [5.74, 6) is -0.260. The zero-order valence-electron chi connectivity index (χ0n) is 13.7. The highest BCUT2D eigenvalue weighted by Crippen LogP contribution is 2.21. The fourth-order valence-corrected chi connectivity index (χ4v) is 2.51. The SMILES string of the molecule is O=C(NCCC=Cc1ccc2c(c1)COC2=O)OCc1ccccc1. The van der Waals surface area contributed by atoms with Crippen molar-refractivity contribution in [3.05, 3.63) is 76.9 Å². The first-order valence-corrected chi connectivity index (χ1v) is 8.13. The van der Waals surface area contributed by atoms with Crippen molar-refractivity contribution in [1.29, 1.82) is 0 Å². The molecule has 0 bridgehead atoms. The summed E-state index contributed by atoms with van der Waals surface area (Å²) < 4.78 is 10.1. The molecule has 128 valence electrons. The molecule has 0 radical (unpaired) electrons. The van der Waals surface area contributed by atoms with Gasteiger partial charge in [-0.2, -0.15) is 0 Å². The molecule has 2 aromatic rings. The van der Waals surface area contributed by atoms with Gasteiger partial charge in [0, 0.05) is 12.1 Å². The molecule has 25 heavy (non-hydrogen) atoms. The Bertz CT molecular complexity index is 784. The third kappa shape index (κ3) is 4.70. The van der Waals surface area contributed by atoms with E-state index in [1.807, 2.05) is 54.6 Å². The number of esters is 1. The maximum absolute atomic E-state index is 11.6. The summed E-state index contributed by atoms with van der Waals surface area (Å²) in [5.41, 5.74) is 3.51. The van der Waals surface area contributed by atoms with Gasteiger partial charge in [0.1, 0.15) is 13.2 Å². The molecular formula is C20H19NO4. The molecule has 1 amide bonds. The molecule has 0 unspecified atom stereocenters. The van der Waals surface area contributed by atoms with Crippen molar-refractivity contribution in [2.75, 3.05) is 6.54 Å². The number of benzene rings is 2. The molecule has 3 rings (SSSR count). The first-order chi connectivity index (χ1) is 12.2. The van der Waals surface area contributed by atoms with Crippen LogP contribution in [0.15, 0.2) is 54.6 Å². The second-order valence-corrected chi connectivity index (χ2v) is 5.67. The highest BCUT2D eigenvalue weighted by Gasteiger charge is 2.20. The Labute approximate surface area is 146 Å². The van der Waals surface area contributed by atoms with Crippen molar-refractivity contribution in [3.8, 4) is 0 Å². The molecule has 1 aliphatic rings. The Morgan fingerprint density at radius 2 is 2.04 bits per heavy atom. The maximum Gasteiger partial charge on any atom is 0.407 e. The van der Waals surface area contributed by atoms with Crippen molar-refractivity contribution in [1.82, 2.24) is 5.32 Å². The minimum absolute atomic E-state index is 0.260. The van der Waals surface area contributed by atoms with Gasteiger partial charge in [0.15, 0.2) is 0 Å². The van der Waals surface area contributed by atoms with Gasteiger partial charge in [0.05, 0.1) is 5.56 Å². The Kier molecular flexibility index (Phi) is 5.46. The zero-order valence-corrected chi connectivity index (χ0v) is 13.7. The van der Waals surface area contributed by atoms with Crippen LogP contribution in [-0.4, -0.2) is 18.6 Å². The van der Waals surface area contributed by atoms with E-state index in [1.54, 1.807) is 6.07 Å². The summed E-state index contributed by atoms with van der Waals surface area (Å²) in [6, 6.07) is 15.1. The van der Waals surface area contributed by atoms with E-state index >= 15 is 0 Å².